The largest absolute Gasteiger partial charge is 0.378 e. The Morgan fingerprint density at radius 1 is 0.969 bits per heavy atom. The standard InChI is InChI=1S/C26H25FN2O2S/c1-16-12-17(2)14-20(13-16)29-32(30,31)21-10-11-25-24(15-21)22-4-3-5-23(22)26(28-25)18-6-8-19(27)9-7-18/h3-4,6-15,22-23,26,28-29H,5H2,1-2H3/t22-,23+,26+/m0/s1. The zero-order valence-electron chi connectivity index (χ0n) is 18.0. The van der Waals surface area contributed by atoms with E-state index in [0.29, 0.717) is 5.69 Å². The highest BCUT2D eigenvalue weighted by Gasteiger charge is 2.38. The van der Waals surface area contributed by atoms with Gasteiger partial charge in [0.1, 0.15) is 5.82 Å². The molecule has 4 nitrogen and oxygen atoms in total. The predicted molar refractivity (Wildman–Crippen MR) is 126 cm³/mol. The molecule has 0 amide bonds. The highest BCUT2D eigenvalue weighted by Crippen LogP contribution is 2.50. The van der Waals surface area contributed by atoms with Crippen molar-refractivity contribution in [2.45, 2.75) is 37.1 Å². The Balaban J connectivity index is 1.49. The quantitative estimate of drug-likeness (QED) is 0.476. The maximum Gasteiger partial charge on any atom is 0.261 e. The Morgan fingerprint density at radius 2 is 1.69 bits per heavy atom. The summed E-state index contributed by atoms with van der Waals surface area (Å²) in [6, 6.07) is 17.6. The molecule has 5 rings (SSSR count). The number of halogens is 1. The molecular weight excluding hydrogens is 423 g/mol. The molecule has 1 aliphatic carbocycles. The van der Waals surface area contributed by atoms with Gasteiger partial charge in [0.25, 0.3) is 10.0 Å². The summed E-state index contributed by atoms with van der Waals surface area (Å²) in [6.07, 6.45) is 5.20. The number of sulfonamides is 1. The lowest BCUT2D eigenvalue weighted by atomic mass is 9.77. The molecule has 164 valence electrons. The third kappa shape index (κ3) is 3.79. The van der Waals surface area contributed by atoms with Crippen LogP contribution >= 0.6 is 0 Å². The van der Waals surface area contributed by atoms with Gasteiger partial charge in [0.2, 0.25) is 0 Å². The predicted octanol–water partition coefficient (Wildman–Crippen LogP) is 6.07. The van der Waals surface area contributed by atoms with E-state index < -0.39 is 10.0 Å². The molecule has 0 unspecified atom stereocenters. The molecule has 0 fully saturated rings. The minimum absolute atomic E-state index is 0.0407. The number of anilines is 2. The van der Waals surface area contributed by atoms with Crippen molar-refractivity contribution in [1.82, 2.24) is 0 Å². The van der Waals surface area contributed by atoms with Crippen molar-refractivity contribution in [3.05, 3.63) is 101 Å². The first-order chi connectivity index (χ1) is 15.3. The van der Waals surface area contributed by atoms with Crippen LogP contribution in [0.5, 0.6) is 0 Å². The Morgan fingerprint density at radius 3 is 2.41 bits per heavy atom. The zero-order valence-corrected chi connectivity index (χ0v) is 18.8. The van der Waals surface area contributed by atoms with Gasteiger partial charge in [-0.2, -0.15) is 0 Å². The summed E-state index contributed by atoms with van der Waals surface area (Å²) >= 11 is 0. The lowest BCUT2D eigenvalue weighted by molar-refractivity contribution is 0.424. The van der Waals surface area contributed by atoms with Crippen LogP contribution in [-0.4, -0.2) is 8.42 Å². The van der Waals surface area contributed by atoms with Gasteiger partial charge in [0.15, 0.2) is 0 Å². The molecule has 0 spiro atoms. The van der Waals surface area contributed by atoms with Gasteiger partial charge < -0.3 is 5.32 Å². The van der Waals surface area contributed by atoms with Crippen LogP contribution in [0, 0.1) is 25.6 Å². The topological polar surface area (TPSA) is 58.2 Å². The Labute approximate surface area is 188 Å². The van der Waals surface area contributed by atoms with Crippen molar-refractivity contribution in [3.8, 4) is 0 Å². The molecule has 3 atom stereocenters. The SMILES string of the molecule is Cc1cc(C)cc(NS(=O)(=O)c2ccc3c(c2)[C@H]2C=CC[C@H]2[C@@H](c2ccc(F)cc2)N3)c1. The van der Waals surface area contributed by atoms with E-state index in [9.17, 15) is 12.8 Å². The first-order valence-corrected chi connectivity index (χ1v) is 12.2. The van der Waals surface area contributed by atoms with Crippen molar-refractivity contribution in [2.75, 3.05) is 10.0 Å². The highest BCUT2D eigenvalue weighted by atomic mass is 32.2. The van der Waals surface area contributed by atoms with Crippen molar-refractivity contribution in [3.63, 3.8) is 0 Å². The zero-order chi connectivity index (χ0) is 22.5. The number of benzene rings is 3. The van der Waals surface area contributed by atoms with Crippen LogP contribution in [0.15, 0.2) is 77.7 Å². The van der Waals surface area contributed by atoms with Gasteiger partial charge in [-0.1, -0.05) is 30.4 Å². The van der Waals surface area contributed by atoms with E-state index in [2.05, 4.69) is 22.2 Å². The van der Waals surface area contributed by atoms with Gasteiger partial charge in [-0.05, 0) is 90.9 Å². The number of rotatable bonds is 4. The third-order valence-corrected chi connectivity index (χ3v) is 7.73. The Bertz CT molecular complexity index is 1300. The summed E-state index contributed by atoms with van der Waals surface area (Å²) in [6.45, 7) is 3.89. The number of aryl methyl sites for hydroxylation is 2. The second-order valence-corrected chi connectivity index (χ2v) is 10.4. The number of hydrogen-bond donors (Lipinski definition) is 2. The molecule has 0 aromatic heterocycles. The molecule has 1 aliphatic heterocycles. The van der Waals surface area contributed by atoms with Crippen LogP contribution in [0.4, 0.5) is 15.8 Å². The van der Waals surface area contributed by atoms with Gasteiger partial charge in [-0.15, -0.1) is 0 Å². The van der Waals surface area contributed by atoms with Crippen LogP contribution in [0.3, 0.4) is 0 Å². The van der Waals surface area contributed by atoms with Crippen LogP contribution in [-0.2, 0) is 10.0 Å². The van der Waals surface area contributed by atoms with Gasteiger partial charge in [0, 0.05) is 17.3 Å². The summed E-state index contributed by atoms with van der Waals surface area (Å²) < 4.78 is 42.4. The van der Waals surface area contributed by atoms with Crippen LogP contribution in [0.25, 0.3) is 0 Å². The van der Waals surface area contributed by atoms with E-state index in [1.807, 2.05) is 50.2 Å². The molecule has 0 bridgehead atoms. The van der Waals surface area contributed by atoms with E-state index >= 15 is 0 Å². The average molecular weight is 449 g/mol. The summed E-state index contributed by atoms with van der Waals surface area (Å²) in [4.78, 5) is 0.247. The number of hydrogen-bond acceptors (Lipinski definition) is 3. The summed E-state index contributed by atoms with van der Waals surface area (Å²) in [5.41, 5.74) is 5.49. The first kappa shape index (κ1) is 20.8. The van der Waals surface area contributed by atoms with Gasteiger partial charge in [-0.3, -0.25) is 4.72 Å². The van der Waals surface area contributed by atoms with Gasteiger partial charge >= 0.3 is 0 Å². The van der Waals surface area contributed by atoms with E-state index in [1.54, 1.807) is 12.1 Å². The number of allylic oxidation sites excluding steroid dienone is 2. The summed E-state index contributed by atoms with van der Waals surface area (Å²) in [5.74, 6) is 0.105. The lowest BCUT2D eigenvalue weighted by Crippen LogP contribution is -2.29. The molecule has 2 N–H and O–H groups in total. The third-order valence-electron chi connectivity index (χ3n) is 6.35. The average Bonchev–Trinajstić information content (AvgIpc) is 3.22. The van der Waals surface area contributed by atoms with Crippen LogP contribution in [0.2, 0.25) is 0 Å². The van der Waals surface area contributed by atoms with Crippen molar-refractivity contribution in [2.24, 2.45) is 5.92 Å². The van der Waals surface area contributed by atoms with Gasteiger partial charge in [0.05, 0.1) is 10.9 Å². The number of fused-ring (bicyclic) bond motifs is 3. The second-order valence-electron chi connectivity index (χ2n) is 8.76. The van der Waals surface area contributed by atoms with E-state index in [4.69, 9.17) is 0 Å². The summed E-state index contributed by atoms with van der Waals surface area (Å²) in [7, 11) is -3.72. The molecule has 1 heterocycles. The smallest absolute Gasteiger partial charge is 0.261 e. The Kier molecular flexibility index (Phi) is 5.05. The lowest BCUT2D eigenvalue weighted by Gasteiger charge is -2.37. The van der Waals surface area contributed by atoms with Crippen molar-refractivity contribution >= 4 is 21.4 Å². The van der Waals surface area contributed by atoms with Crippen LogP contribution < -0.4 is 10.0 Å². The molecule has 2 aliphatic rings. The molecule has 0 saturated heterocycles. The molecule has 6 heteroatoms. The maximum atomic E-state index is 13.4. The second kappa shape index (κ2) is 7.78. The molecule has 0 saturated carbocycles. The molecule has 3 aromatic rings. The number of nitrogens with one attached hydrogen (secondary N) is 2. The fourth-order valence-electron chi connectivity index (χ4n) is 4.99. The van der Waals surface area contributed by atoms with Crippen molar-refractivity contribution in [1.29, 1.82) is 0 Å². The monoisotopic (exact) mass is 448 g/mol. The highest BCUT2D eigenvalue weighted by molar-refractivity contribution is 7.92. The van der Waals surface area contributed by atoms with E-state index in [-0.39, 0.29) is 28.6 Å². The minimum Gasteiger partial charge on any atom is -0.378 e. The fourth-order valence-corrected chi connectivity index (χ4v) is 6.06. The van der Waals surface area contributed by atoms with E-state index in [1.165, 1.54) is 12.1 Å². The molecule has 3 aromatic carbocycles. The summed E-state index contributed by atoms with van der Waals surface area (Å²) in [5, 5.41) is 3.57. The first-order valence-electron chi connectivity index (χ1n) is 10.7. The maximum absolute atomic E-state index is 13.4. The Hall–Kier alpha value is -3.12. The van der Waals surface area contributed by atoms with Crippen molar-refractivity contribution < 1.29 is 12.8 Å². The molecule has 0 radical (unpaired) electrons. The van der Waals surface area contributed by atoms with Crippen LogP contribution in [0.1, 0.15) is 40.6 Å². The molecule has 32 heavy (non-hydrogen) atoms. The normalized spacial score (nSPS) is 21.5. The van der Waals surface area contributed by atoms with E-state index in [0.717, 1.165) is 34.4 Å². The molecular formula is C26H25FN2O2S. The van der Waals surface area contributed by atoms with Gasteiger partial charge in [-0.25, -0.2) is 12.8 Å². The minimum atomic E-state index is -3.72. The fraction of sp³-hybridized carbons (Fsp3) is 0.231.